The Bertz CT molecular complexity index is 966. The van der Waals surface area contributed by atoms with Crippen molar-refractivity contribution in [3.05, 3.63) is 47.0 Å². The van der Waals surface area contributed by atoms with Crippen LogP contribution in [0.25, 0.3) is 0 Å². The lowest BCUT2D eigenvalue weighted by Crippen LogP contribution is -3.00. The molecule has 2 aromatic rings. The second-order valence-electron chi connectivity index (χ2n) is 8.15. The Balaban J connectivity index is 0.00000363. The molecule has 0 saturated heterocycles. The van der Waals surface area contributed by atoms with E-state index in [2.05, 4.69) is 0 Å². The molecule has 0 aliphatic carbocycles. The molecule has 8 heteroatoms. The first kappa shape index (κ1) is 26.1. The molecule has 0 amide bonds. The van der Waals surface area contributed by atoms with E-state index in [0.717, 1.165) is 23.1 Å². The van der Waals surface area contributed by atoms with Crippen molar-refractivity contribution >= 4 is 5.97 Å². The van der Waals surface area contributed by atoms with Gasteiger partial charge in [0, 0.05) is 18.4 Å². The number of likely N-dealkylation sites (N-methyl/N-ethyl adjacent to an activating group) is 1. The van der Waals surface area contributed by atoms with Crippen molar-refractivity contribution in [2.24, 2.45) is 0 Å². The summed E-state index contributed by atoms with van der Waals surface area (Å²) >= 11 is 0. The second-order valence-corrected chi connectivity index (χ2v) is 8.15. The van der Waals surface area contributed by atoms with Gasteiger partial charge in [-0.1, -0.05) is 6.07 Å². The van der Waals surface area contributed by atoms with Gasteiger partial charge in [-0.25, -0.2) is 4.79 Å². The average molecular weight is 557 g/mol. The van der Waals surface area contributed by atoms with Gasteiger partial charge < -0.3 is 52.5 Å². The van der Waals surface area contributed by atoms with E-state index in [-0.39, 0.29) is 30.0 Å². The van der Waals surface area contributed by atoms with Crippen LogP contribution in [-0.2, 0) is 17.6 Å². The van der Waals surface area contributed by atoms with Crippen molar-refractivity contribution in [2.75, 3.05) is 42.0 Å². The van der Waals surface area contributed by atoms with Gasteiger partial charge in [-0.2, -0.15) is 0 Å². The SMILES string of the molecule is COc1ccc(C[C@@H]2c3cc(OC)c(OC)cc3CC[N+]2(C)C(C)C(=O)O)cc1OC.[I-]. The molecule has 3 rings (SSSR count). The van der Waals surface area contributed by atoms with E-state index in [1.807, 2.05) is 37.4 Å². The molecule has 7 nitrogen and oxygen atoms in total. The smallest absolute Gasteiger partial charge is 0.362 e. The number of hydrogen-bond acceptors (Lipinski definition) is 5. The predicted octanol–water partition coefficient (Wildman–Crippen LogP) is 0.485. The molecule has 0 fully saturated rings. The zero-order valence-electron chi connectivity index (χ0n) is 19.5. The van der Waals surface area contributed by atoms with Crippen molar-refractivity contribution in [3.8, 4) is 23.0 Å². The molecule has 0 saturated carbocycles. The van der Waals surface area contributed by atoms with Gasteiger partial charge in [0.05, 0.1) is 42.0 Å². The Morgan fingerprint density at radius 3 is 2.12 bits per heavy atom. The van der Waals surface area contributed by atoms with Gasteiger partial charge in [0.15, 0.2) is 29.0 Å². The molecule has 0 bridgehead atoms. The van der Waals surface area contributed by atoms with Crippen molar-refractivity contribution in [1.29, 1.82) is 0 Å². The largest absolute Gasteiger partial charge is 1.00 e. The van der Waals surface area contributed by atoms with Crippen molar-refractivity contribution in [1.82, 2.24) is 0 Å². The van der Waals surface area contributed by atoms with E-state index in [9.17, 15) is 9.90 Å². The van der Waals surface area contributed by atoms with Gasteiger partial charge in [0.2, 0.25) is 0 Å². The van der Waals surface area contributed by atoms with E-state index >= 15 is 0 Å². The molecular weight excluding hydrogens is 525 g/mol. The average Bonchev–Trinajstić information content (AvgIpc) is 2.79. The number of carboxylic acids is 1. The molecule has 1 aliphatic heterocycles. The molecule has 0 radical (unpaired) electrons. The van der Waals surface area contributed by atoms with Gasteiger partial charge in [-0.3, -0.25) is 0 Å². The standard InChI is InChI=1S/C24H31NO6.HI/c1-15(24(26)27)25(2)10-9-17-13-22(30-5)23(31-6)14-18(17)19(25)11-16-7-8-20(28-3)21(12-16)29-4;/h7-8,12-15,19H,9-11H2,1-6H3;1H/t15?,19-,25?;/m1./s1. The van der Waals surface area contributed by atoms with Crippen LogP contribution in [0.2, 0.25) is 0 Å². The molecule has 176 valence electrons. The molecule has 1 heterocycles. The van der Waals surface area contributed by atoms with Gasteiger partial charge >= 0.3 is 5.97 Å². The summed E-state index contributed by atoms with van der Waals surface area (Å²) in [5.41, 5.74) is 3.30. The number of ether oxygens (including phenoxy) is 4. The Morgan fingerprint density at radius 1 is 1.00 bits per heavy atom. The normalized spacial score (nSPS) is 20.4. The maximum absolute atomic E-state index is 12.0. The number of carbonyl (C=O) groups is 1. The van der Waals surface area contributed by atoms with Gasteiger partial charge in [0.25, 0.3) is 0 Å². The van der Waals surface area contributed by atoms with Crippen LogP contribution in [0.1, 0.15) is 29.7 Å². The Hall–Kier alpha value is -2.20. The Kier molecular flexibility index (Phi) is 8.64. The minimum Gasteiger partial charge on any atom is -1.00 e. The van der Waals surface area contributed by atoms with Gasteiger partial charge in [-0.05, 0) is 42.3 Å². The molecule has 0 spiro atoms. The number of quaternary nitrogens is 1. The van der Waals surface area contributed by atoms with E-state index in [1.54, 1.807) is 35.4 Å². The van der Waals surface area contributed by atoms with Crippen LogP contribution in [0.4, 0.5) is 0 Å². The molecule has 32 heavy (non-hydrogen) atoms. The number of halogens is 1. The molecular formula is C24H32INO6. The number of benzene rings is 2. The number of aliphatic carboxylic acids is 1. The maximum atomic E-state index is 12.0. The third kappa shape index (κ3) is 4.76. The molecule has 1 N–H and O–H groups in total. The van der Waals surface area contributed by atoms with E-state index in [1.165, 1.54) is 0 Å². The first-order chi connectivity index (χ1) is 14.8. The summed E-state index contributed by atoms with van der Waals surface area (Å²) in [6.45, 7) is 2.50. The summed E-state index contributed by atoms with van der Waals surface area (Å²) in [5, 5.41) is 9.87. The summed E-state index contributed by atoms with van der Waals surface area (Å²) in [6, 6.07) is 9.24. The highest BCUT2D eigenvalue weighted by atomic mass is 127. The highest BCUT2D eigenvalue weighted by Crippen LogP contribution is 2.44. The molecule has 2 aromatic carbocycles. The molecule has 0 aromatic heterocycles. The molecule has 2 unspecified atom stereocenters. The lowest BCUT2D eigenvalue weighted by Gasteiger charge is -2.48. The Labute approximate surface area is 206 Å². The summed E-state index contributed by atoms with van der Waals surface area (Å²) in [7, 11) is 8.49. The summed E-state index contributed by atoms with van der Waals surface area (Å²) in [5.74, 6) is 1.86. The van der Waals surface area contributed by atoms with E-state index in [4.69, 9.17) is 18.9 Å². The first-order valence-corrected chi connectivity index (χ1v) is 10.3. The van der Waals surface area contributed by atoms with Crippen LogP contribution < -0.4 is 42.9 Å². The lowest BCUT2D eigenvalue weighted by molar-refractivity contribution is -0.954. The van der Waals surface area contributed by atoms with Crippen LogP contribution >= 0.6 is 0 Å². The number of hydrogen-bond donors (Lipinski definition) is 1. The number of rotatable bonds is 8. The quantitative estimate of drug-likeness (QED) is 0.377. The highest BCUT2D eigenvalue weighted by Gasteiger charge is 2.46. The summed E-state index contributed by atoms with van der Waals surface area (Å²) in [4.78, 5) is 12.0. The zero-order valence-corrected chi connectivity index (χ0v) is 21.6. The van der Waals surface area contributed by atoms with Crippen LogP contribution in [0.5, 0.6) is 23.0 Å². The van der Waals surface area contributed by atoms with Crippen LogP contribution in [-0.4, -0.2) is 63.6 Å². The third-order valence-corrected chi connectivity index (χ3v) is 6.70. The minimum absolute atomic E-state index is 0. The van der Waals surface area contributed by atoms with E-state index < -0.39 is 12.0 Å². The van der Waals surface area contributed by atoms with Gasteiger partial charge in [0.1, 0.15) is 6.04 Å². The Morgan fingerprint density at radius 2 is 1.56 bits per heavy atom. The van der Waals surface area contributed by atoms with Crippen molar-refractivity contribution in [3.63, 3.8) is 0 Å². The maximum Gasteiger partial charge on any atom is 0.362 e. The number of nitrogens with zero attached hydrogens (tertiary/aromatic N) is 1. The fourth-order valence-corrected chi connectivity index (χ4v) is 4.56. The van der Waals surface area contributed by atoms with E-state index in [0.29, 0.717) is 40.4 Å². The molecule has 1 aliphatic rings. The number of carboxylic acid groups (broad SMARTS) is 1. The summed E-state index contributed by atoms with van der Waals surface area (Å²) < 4.78 is 22.3. The predicted molar refractivity (Wildman–Crippen MR) is 117 cm³/mol. The van der Waals surface area contributed by atoms with Crippen LogP contribution in [0, 0.1) is 0 Å². The van der Waals surface area contributed by atoms with Gasteiger partial charge in [-0.15, -0.1) is 0 Å². The number of methoxy groups -OCH3 is 4. The zero-order chi connectivity index (χ0) is 22.8. The third-order valence-electron chi connectivity index (χ3n) is 6.70. The summed E-state index contributed by atoms with van der Waals surface area (Å²) in [6.07, 6.45) is 1.42. The fraction of sp³-hybridized carbons (Fsp3) is 0.458. The monoisotopic (exact) mass is 557 g/mol. The minimum atomic E-state index is -0.802. The lowest BCUT2D eigenvalue weighted by atomic mass is 9.85. The highest BCUT2D eigenvalue weighted by molar-refractivity contribution is 5.71. The second kappa shape index (κ2) is 10.6. The first-order valence-electron chi connectivity index (χ1n) is 10.3. The van der Waals surface area contributed by atoms with Crippen molar-refractivity contribution < 1.29 is 57.3 Å². The topological polar surface area (TPSA) is 74.2 Å². The van der Waals surface area contributed by atoms with Crippen molar-refractivity contribution in [2.45, 2.75) is 31.8 Å². The molecule has 3 atom stereocenters. The van der Waals surface area contributed by atoms with Crippen LogP contribution in [0.3, 0.4) is 0 Å². The van der Waals surface area contributed by atoms with Crippen LogP contribution in [0.15, 0.2) is 30.3 Å². The number of fused-ring (bicyclic) bond motifs is 1. The fourth-order valence-electron chi connectivity index (χ4n) is 4.56.